The first-order valence-corrected chi connectivity index (χ1v) is 7.25. The van der Waals surface area contributed by atoms with E-state index in [-0.39, 0.29) is 5.97 Å². The number of nitrogens with zero attached hydrogens (tertiary/aromatic N) is 4. The fraction of sp³-hybridized carbons (Fsp3) is 0.923. The Kier molecular flexibility index (Phi) is 7.36. The fourth-order valence-electron chi connectivity index (χ4n) is 2.77. The Morgan fingerprint density at radius 2 is 2.30 bits per heavy atom. The summed E-state index contributed by atoms with van der Waals surface area (Å²) in [5.74, 6) is -0.211. The molecule has 1 saturated heterocycles. The summed E-state index contributed by atoms with van der Waals surface area (Å²) in [6.45, 7) is 5.97. The zero-order chi connectivity index (χ0) is 14.8. The Balaban J connectivity index is 2.67. The molecular formula is C13H25N5O2. The van der Waals surface area contributed by atoms with Crippen molar-refractivity contribution in [2.75, 3.05) is 39.8 Å². The van der Waals surface area contributed by atoms with Gasteiger partial charge >= 0.3 is 5.97 Å². The molecule has 0 aromatic carbocycles. The van der Waals surface area contributed by atoms with E-state index in [4.69, 9.17) is 10.3 Å². The molecule has 20 heavy (non-hydrogen) atoms. The van der Waals surface area contributed by atoms with Gasteiger partial charge in [0.15, 0.2) is 0 Å². The van der Waals surface area contributed by atoms with Crippen LogP contribution in [0.2, 0.25) is 0 Å². The number of hydrogen-bond donors (Lipinski definition) is 1. The molecule has 1 atom stereocenters. The molecule has 0 aromatic rings. The second-order valence-electron chi connectivity index (χ2n) is 5.15. The van der Waals surface area contributed by atoms with Gasteiger partial charge in [-0.15, -0.1) is 0 Å². The van der Waals surface area contributed by atoms with Crippen LogP contribution in [0.15, 0.2) is 5.11 Å². The molecule has 0 saturated carbocycles. The van der Waals surface area contributed by atoms with Gasteiger partial charge in [0, 0.05) is 24.5 Å². The van der Waals surface area contributed by atoms with E-state index >= 15 is 0 Å². The molecule has 0 radical (unpaired) electrons. The number of esters is 1. The van der Waals surface area contributed by atoms with Crippen molar-refractivity contribution in [3.63, 3.8) is 0 Å². The average Bonchev–Trinajstić information content (AvgIpc) is 2.67. The van der Waals surface area contributed by atoms with Crippen molar-refractivity contribution in [3.05, 3.63) is 10.4 Å². The second-order valence-corrected chi connectivity index (χ2v) is 5.15. The first-order valence-electron chi connectivity index (χ1n) is 7.25. The predicted molar refractivity (Wildman–Crippen MR) is 77.3 cm³/mol. The number of methoxy groups -OCH3 is 1. The minimum Gasteiger partial charge on any atom is -0.468 e. The number of hydrogen-bond acceptors (Lipinski definition) is 5. The Morgan fingerprint density at radius 1 is 1.50 bits per heavy atom. The van der Waals surface area contributed by atoms with Crippen LogP contribution in [0.3, 0.4) is 0 Å². The number of rotatable bonds is 7. The summed E-state index contributed by atoms with van der Waals surface area (Å²) in [6.07, 6.45) is 3.57. The van der Waals surface area contributed by atoms with E-state index in [1.165, 1.54) is 7.11 Å². The first kappa shape index (κ1) is 16.8. The predicted octanol–water partition coefficient (Wildman–Crippen LogP) is 1.69. The molecule has 7 heteroatoms. The van der Waals surface area contributed by atoms with Gasteiger partial charge in [-0.05, 0) is 44.3 Å². The standard InChI is InChI=1S/C13H25N5O2/c1-3-9-18-10-4-5-13(6-11-18,12(19)20-2)15-7-8-16-17-14/h15H,3-11H2,1-2H3. The van der Waals surface area contributed by atoms with Crippen molar-refractivity contribution >= 4 is 5.97 Å². The molecule has 0 aliphatic carbocycles. The van der Waals surface area contributed by atoms with E-state index < -0.39 is 5.54 Å². The van der Waals surface area contributed by atoms with Crippen LogP contribution in [0.4, 0.5) is 0 Å². The lowest BCUT2D eigenvalue weighted by molar-refractivity contribution is -0.149. The van der Waals surface area contributed by atoms with E-state index in [0.717, 1.165) is 45.3 Å². The molecule has 0 aromatic heterocycles. The minimum atomic E-state index is -0.637. The van der Waals surface area contributed by atoms with Crippen LogP contribution in [0, 0.1) is 0 Å². The van der Waals surface area contributed by atoms with E-state index in [1.54, 1.807) is 0 Å². The SMILES string of the molecule is CCCN1CCCC(NCCN=[N+]=[N-])(C(=O)OC)CC1. The van der Waals surface area contributed by atoms with E-state index in [1.807, 2.05) is 0 Å². The number of azide groups is 1. The normalized spacial score (nSPS) is 23.7. The summed E-state index contributed by atoms with van der Waals surface area (Å²) in [5.41, 5.74) is 7.66. The molecule has 1 rings (SSSR count). The van der Waals surface area contributed by atoms with Crippen molar-refractivity contribution in [2.45, 2.75) is 38.1 Å². The van der Waals surface area contributed by atoms with Gasteiger partial charge in [0.2, 0.25) is 0 Å². The summed E-state index contributed by atoms with van der Waals surface area (Å²) in [6, 6.07) is 0. The molecule has 0 bridgehead atoms. The highest BCUT2D eigenvalue weighted by atomic mass is 16.5. The molecule has 1 aliphatic heterocycles. The lowest BCUT2D eigenvalue weighted by atomic mass is 9.90. The highest BCUT2D eigenvalue weighted by Gasteiger charge is 2.40. The number of likely N-dealkylation sites (tertiary alicyclic amines) is 1. The second kappa shape index (κ2) is 8.79. The van der Waals surface area contributed by atoms with Gasteiger partial charge in [-0.1, -0.05) is 12.0 Å². The molecule has 1 fully saturated rings. The Bertz CT molecular complexity index is 357. The van der Waals surface area contributed by atoms with Crippen LogP contribution in [-0.2, 0) is 9.53 Å². The molecule has 1 N–H and O–H groups in total. The van der Waals surface area contributed by atoms with Crippen LogP contribution >= 0.6 is 0 Å². The Morgan fingerprint density at radius 3 is 2.95 bits per heavy atom. The molecule has 0 amide bonds. The van der Waals surface area contributed by atoms with Gasteiger partial charge in [-0.2, -0.15) is 0 Å². The van der Waals surface area contributed by atoms with Crippen LogP contribution in [0.1, 0.15) is 32.6 Å². The Labute approximate surface area is 120 Å². The monoisotopic (exact) mass is 283 g/mol. The topological polar surface area (TPSA) is 90.3 Å². The average molecular weight is 283 g/mol. The molecule has 1 aliphatic rings. The quantitative estimate of drug-likeness (QED) is 0.253. The highest BCUT2D eigenvalue weighted by molar-refractivity contribution is 5.80. The third kappa shape index (κ3) is 4.67. The lowest BCUT2D eigenvalue weighted by Gasteiger charge is -2.31. The van der Waals surface area contributed by atoms with Crippen LogP contribution in [0.25, 0.3) is 10.4 Å². The maximum Gasteiger partial charge on any atom is 0.326 e. The third-order valence-electron chi connectivity index (χ3n) is 3.79. The maximum absolute atomic E-state index is 12.2. The largest absolute Gasteiger partial charge is 0.468 e. The van der Waals surface area contributed by atoms with Gasteiger partial charge < -0.3 is 15.0 Å². The zero-order valence-corrected chi connectivity index (χ0v) is 12.5. The summed E-state index contributed by atoms with van der Waals surface area (Å²) >= 11 is 0. The van der Waals surface area contributed by atoms with Gasteiger partial charge in [-0.25, -0.2) is 0 Å². The first-order chi connectivity index (χ1) is 9.68. The molecule has 114 valence electrons. The maximum atomic E-state index is 12.2. The van der Waals surface area contributed by atoms with Crippen molar-refractivity contribution < 1.29 is 9.53 Å². The Hall–Kier alpha value is -1.30. The van der Waals surface area contributed by atoms with E-state index in [0.29, 0.717) is 13.1 Å². The number of carbonyl (C=O) groups is 1. The van der Waals surface area contributed by atoms with Crippen LogP contribution in [-0.4, -0.2) is 56.2 Å². The molecule has 0 spiro atoms. The van der Waals surface area contributed by atoms with Crippen molar-refractivity contribution in [1.82, 2.24) is 10.2 Å². The molecular weight excluding hydrogens is 258 g/mol. The summed E-state index contributed by atoms with van der Waals surface area (Å²) in [5, 5.41) is 6.75. The van der Waals surface area contributed by atoms with Gasteiger partial charge in [0.05, 0.1) is 7.11 Å². The van der Waals surface area contributed by atoms with Gasteiger partial charge in [-0.3, -0.25) is 4.79 Å². The number of ether oxygens (including phenoxy) is 1. The summed E-state index contributed by atoms with van der Waals surface area (Å²) in [7, 11) is 1.42. The third-order valence-corrected chi connectivity index (χ3v) is 3.79. The van der Waals surface area contributed by atoms with Gasteiger partial charge in [0.1, 0.15) is 5.54 Å². The van der Waals surface area contributed by atoms with E-state index in [2.05, 4.69) is 27.2 Å². The summed E-state index contributed by atoms with van der Waals surface area (Å²) in [4.78, 5) is 17.3. The molecule has 1 heterocycles. The van der Waals surface area contributed by atoms with Crippen molar-refractivity contribution in [1.29, 1.82) is 0 Å². The lowest BCUT2D eigenvalue weighted by Crippen LogP contribution is -2.54. The van der Waals surface area contributed by atoms with Crippen molar-refractivity contribution in [3.8, 4) is 0 Å². The number of nitrogens with one attached hydrogen (secondary N) is 1. The minimum absolute atomic E-state index is 0.211. The zero-order valence-electron chi connectivity index (χ0n) is 12.5. The highest BCUT2D eigenvalue weighted by Crippen LogP contribution is 2.24. The smallest absolute Gasteiger partial charge is 0.326 e. The molecule has 7 nitrogen and oxygen atoms in total. The van der Waals surface area contributed by atoms with Gasteiger partial charge in [0.25, 0.3) is 0 Å². The van der Waals surface area contributed by atoms with Crippen molar-refractivity contribution in [2.24, 2.45) is 5.11 Å². The van der Waals surface area contributed by atoms with E-state index in [9.17, 15) is 4.79 Å². The number of carbonyl (C=O) groups excluding carboxylic acids is 1. The fourth-order valence-corrected chi connectivity index (χ4v) is 2.77. The van der Waals surface area contributed by atoms with Crippen LogP contribution < -0.4 is 5.32 Å². The summed E-state index contributed by atoms with van der Waals surface area (Å²) < 4.78 is 4.98. The molecule has 1 unspecified atom stereocenters. The van der Waals surface area contributed by atoms with Crippen LogP contribution in [0.5, 0.6) is 0 Å².